The first-order valence-electron chi connectivity index (χ1n) is 7.36. The first-order valence-corrected chi connectivity index (χ1v) is 9.08. The van der Waals surface area contributed by atoms with E-state index >= 15 is 0 Å². The summed E-state index contributed by atoms with van der Waals surface area (Å²) in [6.45, 7) is 5.00. The second kappa shape index (κ2) is 5.30. The number of aryl methyl sites for hydroxylation is 1. The van der Waals surface area contributed by atoms with Crippen molar-refractivity contribution in [1.82, 2.24) is 4.98 Å². The van der Waals surface area contributed by atoms with Gasteiger partial charge in [0.05, 0.1) is 16.5 Å². The number of aromatic nitrogens is 1. The summed E-state index contributed by atoms with van der Waals surface area (Å²) in [5.41, 5.74) is 3.14. The van der Waals surface area contributed by atoms with Gasteiger partial charge in [0.2, 0.25) is 0 Å². The lowest BCUT2D eigenvalue weighted by molar-refractivity contribution is 0.569. The van der Waals surface area contributed by atoms with Crippen molar-refractivity contribution in [2.24, 2.45) is 0 Å². The molecule has 3 rings (SSSR count). The van der Waals surface area contributed by atoms with Crippen LogP contribution in [0.2, 0.25) is 0 Å². The van der Waals surface area contributed by atoms with Crippen molar-refractivity contribution in [3.63, 3.8) is 0 Å². The Hall–Kier alpha value is -1.62. The van der Waals surface area contributed by atoms with Crippen LogP contribution in [0.3, 0.4) is 0 Å². The highest BCUT2D eigenvalue weighted by molar-refractivity contribution is 7.92. The van der Waals surface area contributed by atoms with Gasteiger partial charge in [0.1, 0.15) is 0 Å². The molecule has 1 fully saturated rings. The summed E-state index contributed by atoms with van der Waals surface area (Å²) < 4.78 is 23.8. The molecule has 112 valence electrons. The molecule has 5 heteroatoms. The van der Waals surface area contributed by atoms with E-state index in [1.165, 1.54) is 0 Å². The normalized spacial score (nSPS) is 21.6. The molecule has 0 radical (unpaired) electrons. The zero-order chi connectivity index (χ0) is 15.0. The number of anilines is 1. The summed E-state index contributed by atoms with van der Waals surface area (Å²) in [7, 11) is -2.93. The van der Waals surface area contributed by atoms with Crippen molar-refractivity contribution < 1.29 is 8.42 Å². The SMILES string of the molecule is CCc1cc(N2CCS(=O)(=O)[C@H](C)C2)c2ccccc2n1. The fraction of sp³-hybridized carbons (Fsp3) is 0.438. The summed E-state index contributed by atoms with van der Waals surface area (Å²) in [6, 6.07) is 10.2. The standard InChI is InChI=1S/C16H20N2O2S/c1-3-13-10-16(14-6-4-5-7-15(14)17-13)18-8-9-21(19,20)12(2)11-18/h4-7,10,12H,3,8-9,11H2,1-2H3/t12-/m1/s1. The fourth-order valence-corrected chi connectivity index (χ4v) is 4.11. The third kappa shape index (κ3) is 2.62. The van der Waals surface area contributed by atoms with Gasteiger partial charge in [-0.1, -0.05) is 25.1 Å². The molecule has 0 spiro atoms. The summed E-state index contributed by atoms with van der Waals surface area (Å²) >= 11 is 0. The number of hydrogen-bond donors (Lipinski definition) is 0. The van der Waals surface area contributed by atoms with E-state index in [1.807, 2.05) is 18.2 Å². The molecule has 2 heterocycles. The van der Waals surface area contributed by atoms with Crippen molar-refractivity contribution in [3.8, 4) is 0 Å². The van der Waals surface area contributed by atoms with Gasteiger partial charge < -0.3 is 4.90 Å². The summed E-state index contributed by atoms with van der Waals surface area (Å²) in [4.78, 5) is 6.84. The molecule has 0 amide bonds. The lowest BCUT2D eigenvalue weighted by atomic mass is 10.1. The van der Waals surface area contributed by atoms with Crippen LogP contribution in [0.1, 0.15) is 19.5 Å². The maximum absolute atomic E-state index is 11.9. The topological polar surface area (TPSA) is 50.3 Å². The van der Waals surface area contributed by atoms with E-state index in [9.17, 15) is 8.42 Å². The molecule has 1 aliphatic heterocycles. The van der Waals surface area contributed by atoms with E-state index in [-0.39, 0.29) is 11.0 Å². The van der Waals surface area contributed by atoms with Crippen molar-refractivity contribution in [2.45, 2.75) is 25.5 Å². The molecule has 1 atom stereocenters. The maximum Gasteiger partial charge on any atom is 0.156 e. The molecule has 0 aliphatic carbocycles. The zero-order valence-corrected chi connectivity index (χ0v) is 13.2. The molecule has 1 aliphatic rings. The van der Waals surface area contributed by atoms with Crippen LogP contribution >= 0.6 is 0 Å². The number of hydrogen-bond acceptors (Lipinski definition) is 4. The molecule has 1 aromatic carbocycles. The first kappa shape index (κ1) is 14.3. The Morgan fingerprint density at radius 2 is 2.10 bits per heavy atom. The van der Waals surface area contributed by atoms with Crippen LogP contribution in [0.15, 0.2) is 30.3 Å². The van der Waals surface area contributed by atoms with Crippen LogP contribution in [0.4, 0.5) is 5.69 Å². The number of pyridine rings is 1. The average Bonchev–Trinajstić information content (AvgIpc) is 2.49. The highest BCUT2D eigenvalue weighted by Crippen LogP contribution is 2.29. The van der Waals surface area contributed by atoms with Crippen LogP contribution in [0, 0.1) is 0 Å². The quantitative estimate of drug-likeness (QED) is 0.855. The molecule has 1 saturated heterocycles. The van der Waals surface area contributed by atoms with Gasteiger partial charge in [-0.2, -0.15) is 0 Å². The van der Waals surface area contributed by atoms with Gasteiger partial charge in [0, 0.05) is 29.9 Å². The van der Waals surface area contributed by atoms with Gasteiger partial charge in [-0.3, -0.25) is 4.98 Å². The smallest absolute Gasteiger partial charge is 0.156 e. The lowest BCUT2D eigenvalue weighted by Crippen LogP contribution is -2.45. The molecular weight excluding hydrogens is 284 g/mol. The first-order chi connectivity index (χ1) is 10.0. The van der Waals surface area contributed by atoms with E-state index in [1.54, 1.807) is 6.92 Å². The number of rotatable bonds is 2. The Bertz CT molecular complexity index is 771. The van der Waals surface area contributed by atoms with Crippen molar-refractivity contribution in [2.75, 3.05) is 23.7 Å². The largest absolute Gasteiger partial charge is 0.369 e. The van der Waals surface area contributed by atoms with E-state index in [0.29, 0.717) is 13.1 Å². The molecule has 1 aromatic heterocycles. The fourth-order valence-electron chi connectivity index (χ4n) is 2.83. The van der Waals surface area contributed by atoms with Gasteiger partial charge in [0.25, 0.3) is 0 Å². The zero-order valence-electron chi connectivity index (χ0n) is 12.4. The van der Waals surface area contributed by atoms with Crippen LogP contribution < -0.4 is 4.90 Å². The molecule has 0 unspecified atom stereocenters. The number of para-hydroxylation sites is 1. The highest BCUT2D eigenvalue weighted by atomic mass is 32.2. The Labute approximate surface area is 125 Å². The van der Waals surface area contributed by atoms with Crippen LogP contribution in [-0.2, 0) is 16.3 Å². The van der Waals surface area contributed by atoms with E-state index in [4.69, 9.17) is 0 Å². The Kier molecular flexibility index (Phi) is 3.61. The molecule has 0 bridgehead atoms. The minimum absolute atomic E-state index is 0.228. The minimum Gasteiger partial charge on any atom is -0.369 e. The van der Waals surface area contributed by atoms with Gasteiger partial charge in [0.15, 0.2) is 9.84 Å². The number of fused-ring (bicyclic) bond motifs is 1. The monoisotopic (exact) mass is 304 g/mol. The summed E-state index contributed by atoms with van der Waals surface area (Å²) in [5, 5.41) is 0.782. The molecule has 2 aromatic rings. The van der Waals surface area contributed by atoms with Gasteiger partial charge in [-0.25, -0.2) is 8.42 Å². The maximum atomic E-state index is 11.9. The highest BCUT2D eigenvalue weighted by Gasteiger charge is 2.30. The van der Waals surface area contributed by atoms with Crippen molar-refractivity contribution in [3.05, 3.63) is 36.0 Å². The van der Waals surface area contributed by atoms with E-state index in [0.717, 1.165) is 28.7 Å². The third-order valence-corrected chi connectivity index (χ3v) is 6.31. The van der Waals surface area contributed by atoms with Gasteiger partial charge in [-0.05, 0) is 25.5 Å². The Balaban J connectivity index is 2.08. The van der Waals surface area contributed by atoms with Crippen LogP contribution in [0.5, 0.6) is 0 Å². The Morgan fingerprint density at radius 3 is 2.81 bits per heavy atom. The third-order valence-electron chi connectivity index (χ3n) is 4.19. The molecular formula is C16H20N2O2S. The van der Waals surface area contributed by atoms with Crippen molar-refractivity contribution >= 4 is 26.4 Å². The second-order valence-corrected chi connectivity index (χ2v) is 8.17. The van der Waals surface area contributed by atoms with E-state index in [2.05, 4.69) is 28.9 Å². The lowest BCUT2D eigenvalue weighted by Gasteiger charge is -2.33. The van der Waals surface area contributed by atoms with Crippen LogP contribution in [-0.4, -0.2) is 37.5 Å². The average molecular weight is 304 g/mol. The second-order valence-electron chi connectivity index (χ2n) is 5.63. The molecule has 0 N–H and O–H groups in total. The van der Waals surface area contributed by atoms with E-state index < -0.39 is 9.84 Å². The number of benzene rings is 1. The minimum atomic E-state index is -2.93. The van der Waals surface area contributed by atoms with Gasteiger partial charge in [-0.15, -0.1) is 0 Å². The van der Waals surface area contributed by atoms with Crippen LogP contribution in [0.25, 0.3) is 10.9 Å². The van der Waals surface area contributed by atoms with Crippen molar-refractivity contribution in [1.29, 1.82) is 0 Å². The predicted molar refractivity (Wildman–Crippen MR) is 86.6 cm³/mol. The number of nitrogens with zero attached hydrogens (tertiary/aromatic N) is 2. The summed E-state index contributed by atoms with van der Waals surface area (Å²) in [6.07, 6.45) is 0.875. The predicted octanol–water partition coefficient (Wildman–Crippen LogP) is 2.42. The van der Waals surface area contributed by atoms with Gasteiger partial charge >= 0.3 is 0 Å². The summed E-state index contributed by atoms with van der Waals surface area (Å²) in [5.74, 6) is 0.228. The molecule has 4 nitrogen and oxygen atoms in total. The number of sulfone groups is 1. The Morgan fingerprint density at radius 1 is 1.33 bits per heavy atom. The molecule has 0 saturated carbocycles. The molecule has 21 heavy (non-hydrogen) atoms.